The van der Waals surface area contributed by atoms with Crippen molar-refractivity contribution < 1.29 is 0 Å². The molecule has 17 heavy (non-hydrogen) atoms. The van der Waals surface area contributed by atoms with Crippen molar-refractivity contribution in [1.29, 1.82) is 0 Å². The van der Waals surface area contributed by atoms with E-state index in [0.29, 0.717) is 29.6 Å². The van der Waals surface area contributed by atoms with Gasteiger partial charge in [-0.2, -0.15) is 0 Å². The van der Waals surface area contributed by atoms with E-state index in [1.807, 2.05) is 0 Å². The first-order valence-corrected chi connectivity index (χ1v) is 5.95. The first kappa shape index (κ1) is 11.9. The summed E-state index contributed by atoms with van der Waals surface area (Å²) >= 11 is 5.61. The summed E-state index contributed by atoms with van der Waals surface area (Å²) in [4.78, 5) is 24.2. The fraction of sp³-hybridized carbons (Fsp3) is 0.333. The minimum absolute atomic E-state index is 0.146. The number of alkyl halides is 1. The Bertz CT molecular complexity index is 658. The Morgan fingerprint density at radius 2 is 1.71 bits per heavy atom. The monoisotopic (exact) mass is 252 g/mol. The fourth-order valence-electron chi connectivity index (χ4n) is 1.88. The Hall–Kier alpha value is -1.55. The lowest BCUT2D eigenvalue weighted by atomic mass is 10.2. The van der Waals surface area contributed by atoms with E-state index in [2.05, 4.69) is 0 Å². The van der Waals surface area contributed by atoms with Crippen LogP contribution in [0.4, 0.5) is 0 Å². The maximum Gasteiger partial charge on any atom is 0.273 e. The Kier molecular flexibility index (Phi) is 3.33. The van der Waals surface area contributed by atoms with Crippen LogP contribution in [0.15, 0.2) is 33.9 Å². The van der Waals surface area contributed by atoms with Gasteiger partial charge in [-0.3, -0.25) is 14.3 Å². The summed E-state index contributed by atoms with van der Waals surface area (Å²) in [5.41, 5.74) is -0.303. The molecule has 2 rings (SSSR count). The Morgan fingerprint density at radius 1 is 1.12 bits per heavy atom. The summed E-state index contributed by atoms with van der Waals surface area (Å²) in [5, 5.41) is 0.923. The van der Waals surface area contributed by atoms with Crippen molar-refractivity contribution in [3.8, 4) is 0 Å². The average molecular weight is 253 g/mol. The fourth-order valence-corrected chi connectivity index (χ4v) is 2.00. The molecule has 0 aliphatic heterocycles. The lowest BCUT2D eigenvalue weighted by Crippen LogP contribution is -2.37. The van der Waals surface area contributed by atoms with Gasteiger partial charge in [0.1, 0.15) is 0 Å². The van der Waals surface area contributed by atoms with Crippen molar-refractivity contribution in [3.63, 3.8) is 0 Å². The van der Waals surface area contributed by atoms with Gasteiger partial charge in [0.2, 0.25) is 0 Å². The highest BCUT2D eigenvalue weighted by molar-refractivity contribution is 6.17. The zero-order chi connectivity index (χ0) is 12.4. The molecule has 0 unspecified atom stereocenters. The van der Waals surface area contributed by atoms with Crippen LogP contribution in [-0.4, -0.2) is 15.2 Å². The minimum atomic E-state index is -0.158. The Morgan fingerprint density at radius 3 is 2.29 bits per heavy atom. The van der Waals surface area contributed by atoms with Crippen LogP contribution < -0.4 is 11.1 Å². The second-order valence-electron chi connectivity index (χ2n) is 3.85. The topological polar surface area (TPSA) is 44.0 Å². The third-order valence-corrected chi connectivity index (χ3v) is 3.05. The lowest BCUT2D eigenvalue weighted by Gasteiger charge is -2.12. The van der Waals surface area contributed by atoms with Crippen LogP contribution in [0.3, 0.4) is 0 Å². The molecule has 5 heteroatoms. The predicted molar refractivity (Wildman–Crippen MR) is 68.8 cm³/mol. The highest BCUT2D eigenvalue weighted by atomic mass is 35.5. The summed E-state index contributed by atoms with van der Waals surface area (Å²) in [7, 11) is 1.60. The summed E-state index contributed by atoms with van der Waals surface area (Å²) < 4.78 is 2.80. The van der Waals surface area contributed by atoms with Crippen molar-refractivity contribution in [2.45, 2.75) is 13.0 Å². The number of rotatable bonds is 3. The van der Waals surface area contributed by atoms with Crippen LogP contribution in [0.25, 0.3) is 10.8 Å². The summed E-state index contributed by atoms with van der Waals surface area (Å²) in [6, 6.07) is 6.86. The summed E-state index contributed by atoms with van der Waals surface area (Å²) in [6.45, 7) is 0.457. The number of halogens is 1. The van der Waals surface area contributed by atoms with E-state index in [1.54, 1.807) is 31.3 Å². The van der Waals surface area contributed by atoms with Crippen LogP contribution in [0, 0.1) is 0 Å². The standard InChI is InChI=1S/C12H13ClN2O2/c1-14-11(16)9-5-2-3-6-10(9)12(17)15(14)8-4-7-13/h2-3,5-6H,4,7-8H2,1H3. The van der Waals surface area contributed by atoms with Crippen molar-refractivity contribution >= 4 is 22.4 Å². The predicted octanol–water partition coefficient (Wildman–Crippen LogP) is 1.33. The first-order chi connectivity index (χ1) is 8.16. The number of aromatic nitrogens is 2. The SMILES string of the molecule is Cn1c(=O)c2ccccc2c(=O)n1CCCCl. The molecule has 1 heterocycles. The third kappa shape index (κ3) is 2.00. The maximum absolute atomic E-state index is 12.2. The molecule has 0 amide bonds. The molecule has 0 aliphatic rings. The van der Waals surface area contributed by atoms with Gasteiger partial charge < -0.3 is 0 Å². The lowest BCUT2D eigenvalue weighted by molar-refractivity contribution is 0.465. The second-order valence-corrected chi connectivity index (χ2v) is 4.22. The molecule has 0 fully saturated rings. The van der Waals surface area contributed by atoms with E-state index in [1.165, 1.54) is 9.36 Å². The van der Waals surface area contributed by atoms with Crippen LogP contribution in [-0.2, 0) is 13.6 Å². The molecule has 0 radical (unpaired) electrons. The number of nitrogens with zero attached hydrogens (tertiary/aromatic N) is 2. The zero-order valence-electron chi connectivity index (χ0n) is 9.52. The van der Waals surface area contributed by atoms with Gasteiger partial charge in [-0.05, 0) is 18.6 Å². The number of hydrogen-bond donors (Lipinski definition) is 0. The molecule has 2 aromatic rings. The maximum atomic E-state index is 12.2. The summed E-state index contributed by atoms with van der Waals surface area (Å²) in [5.74, 6) is 0.466. The molecule has 0 bridgehead atoms. The van der Waals surface area contributed by atoms with E-state index in [4.69, 9.17) is 11.6 Å². The molecule has 0 spiro atoms. The van der Waals surface area contributed by atoms with Gasteiger partial charge in [-0.1, -0.05) is 12.1 Å². The van der Waals surface area contributed by atoms with Crippen LogP contribution in [0.1, 0.15) is 6.42 Å². The van der Waals surface area contributed by atoms with Gasteiger partial charge in [0.25, 0.3) is 11.1 Å². The second kappa shape index (κ2) is 4.75. The van der Waals surface area contributed by atoms with Gasteiger partial charge in [-0.25, -0.2) is 4.68 Å². The molecule has 1 aromatic heterocycles. The van der Waals surface area contributed by atoms with E-state index in [0.717, 1.165) is 0 Å². The molecule has 0 saturated carbocycles. The van der Waals surface area contributed by atoms with E-state index in [9.17, 15) is 9.59 Å². The average Bonchev–Trinajstić information content (AvgIpc) is 2.36. The van der Waals surface area contributed by atoms with Gasteiger partial charge in [0, 0.05) is 19.5 Å². The van der Waals surface area contributed by atoms with Gasteiger partial charge in [0.05, 0.1) is 10.8 Å². The number of hydrogen-bond acceptors (Lipinski definition) is 2. The van der Waals surface area contributed by atoms with Crippen molar-refractivity contribution in [3.05, 3.63) is 45.0 Å². The van der Waals surface area contributed by atoms with E-state index >= 15 is 0 Å². The highest BCUT2D eigenvalue weighted by Gasteiger charge is 2.09. The molecule has 0 saturated heterocycles. The quantitative estimate of drug-likeness (QED) is 0.774. The van der Waals surface area contributed by atoms with E-state index < -0.39 is 0 Å². The molecular formula is C12H13ClN2O2. The molecule has 0 N–H and O–H groups in total. The Labute approximate surface area is 103 Å². The molecular weight excluding hydrogens is 240 g/mol. The van der Waals surface area contributed by atoms with Crippen molar-refractivity contribution in [1.82, 2.24) is 9.36 Å². The number of benzene rings is 1. The number of fused-ring (bicyclic) bond motifs is 1. The third-order valence-electron chi connectivity index (χ3n) is 2.78. The zero-order valence-corrected chi connectivity index (χ0v) is 10.3. The van der Waals surface area contributed by atoms with Crippen LogP contribution >= 0.6 is 11.6 Å². The van der Waals surface area contributed by atoms with Crippen molar-refractivity contribution in [2.75, 3.05) is 5.88 Å². The molecule has 4 nitrogen and oxygen atoms in total. The normalized spacial score (nSPS) is 10.9. The largest absolute Gasteiger partial charge is 0.273 e. The van der Waals surface area contributed by atoms with Gasteiger partial charge in [-0.15, -0.1) is 11.6 Å². The smallest absolute Gasteiger partial charge is 0.267 e. The molecule has 1 aromatic carbocycles. The van der Waals surface area contributed by atoms with Crippen molar-refractivity contribution in [2.24, 2.45) is 7.05 Å². The first-order valence-electron chi connectivity index (χ1n) is 5.41. The van der Waals surface area contributed by atoms with Crippen LogP contribution in [0.5, 0.6) is 0 Å². The minimum Gasteiger partial charge on any atom is -0.267 e. The van der Waals surface area contributed by atoms with Gasteiger partial charge in [0.15, 0.2) is 0 Å². The van der Waals surface area contributed by atoms with E-state index in [-0.39, 0.29) is 11.1 Å². The van der Waals surface area contributed by atoms with Crippen LogP contribution in [0.2, 0.25) is 0 Å². The molecule has 0 atom stereocenters. The molecule has 0 aliphatic carbocycles. The Balaban J connectivity index is 2.78. The highest BCUT2D eigenvalue weighted by Crippen LogP contribution is 2.03. The van der Waals surface area contributed by atoms with Gasteiger partial charge >= 0.3 is 0 Å². The summed E-state index contributed by atoms with van der Waals surface area (Å²) in [6.07, 6.45) is 0.660. The molecule has 90 valence electrons.